The molecule has 113 valence electrons. The Bertz CT molecular complexity index is 507. The van der Waals surface area contributed by atoms with E-state index in [0.717, 1.165) is 11.6 Å². The van der Waals surface area contributed by atoms with Gasteiger partial charge in [0.05, 0.1) is 0 Å². The molecular formula is C13H21O4Si4. The zero-order valence-electron chi connectivity index (χ0n) is 12.9. The third-order valence-corrected chi connectivity index (χ3v) is 13.9. The van der Waals surface area contributed by atoms with E-state index in [1.807, 2.05) is 31.3 Å². The Morgan fingerprint density at radius 1 is 1.24 bits per heavy atom. The Balaban J connectivity index is 2.07. The third-order valence-electron chi connectivity index (χ3n) is 2.83. The third kappa shape index (κ3) is 5.42. The van der Waals surface area contributed by atoms with Crippen molar-refractivity contribution in [3.05, 3.63) is 42.0 Å². The first-order valence-electron chi connectivity index (χ1n) is 6.86. The van der Waals surface area contributed by atoms with E-state index in [0.29, 0.717) is 0 Å². The first kappa shape index (κ1) is 17.0. The standard InChI is InChI=1S/C13H21O4Si4/c1-6-12-8-7-9-13(10-12)11-19-14-18-15-20(2,3)17-21(4,5)16-19/h6-10H,1,11H2,2-5H3. The number of hydrogen-bond acceptors (Lipinski definition) is 4. The van der Waals surface area contributed by atoms with E-state index in [2.05, 4.69) is 31.8 Å². The van der Waals surface area contributed by atoms with Crippen LogP contribution < -0.4 is 0 Å². The van der Waals surface area contributed by atoms with Crippen LogP contribution in [0.1, 0.15) is 11.1 Å². The molecule has 0 N–H and O–H groups in total. The summed E-state index contributed by atoms with van der Waals surface area (Å²) >= 11 is 0. The maximum absolute atomic E-state index is 6.22. The van der Waals surface area contributed by atoms with Crippen LogP contribution in [0.5, 0.6) is 0 Å². The molecule has 0 spiro atoms. The summed E-state index contributed by atoms with van der Waals surface area (Å²) in [4.78, 5) is 0. The van der Waals surface area contributed by atoms with Crippen LogP contribution in [0.15, 0.2) is 30.8 Å². The topological polar surface area (TPSA) is 36.9 Å². The molecule has 3 radical (unpaired) electrons. The predicted octanol–water partition coefficient (Wildman–Crippen LogP) is 2.92. The molecule has 1 saturated heterocycles. The fraction of sp³-hybridized carbons (Fsp3) is 0.385. The largest absolute Gasteiger partial charge is 0.416 e. The van der Waals surface area contributed by atoms with Crippen LogP contribution in [0.25, 0.3) is 6.08 Å². The molecule has 0 unspecified atom stereocenters. The summed E-state index contributed by atoms with van der Waals surface area (Å²) in [6.45, 7) is 12.0. The van der Waals surface area contributed by atoms with Crippen molar-refractivity contribution in [2.45, 2.75) is 32.2 Å². The van der Waals surface area contributed by atoms with E-state index < -0.39 is 26.4 Å². The highest BCUT2D eigenvalue weighted by atomic mass is 28.5. The molecule has 1 aromatic rings. The average Bonchev–Trinajstić information content (AvgIpc) is 2.35. The van der Waals surface area contributed by atoms with E-state index in [1.54, 1.807) is 0 Å². The Labute approximate surface area is 133 Å². The van der Waals surface area contributed by atoms with Crippen LogP contribution in [-0.4, -0.2) is 36.4 Å². The van der Waals surface area contributed by atoms with Crippen LogP contribution in [-0.2, 0) is 22.5 Å². The van der Waals surface area contributed by atoms with Crippen molar-refractivity contribution >= 4 is 42.5 Å². The molecule has 1 aliphatic heterocycles. The van der Waals surface area contributed by atoms with Crippen molar-refractivity contribution in [2.24, 2.45) is 0 Å². The maximum atomic E-state index is 6.22. The number of rotatable bonds is 3. The second-order valence-electron chi connectivity index (χ2n) is 5.79. The van der Waals surface area contributed by atoms with Crippen molar-refractivity contribution in [1.82, 2.24) is 0 Å². The summed E-state index contributed by atoms with van der Waals surface area (Å²) in [7, 11) is -5.75. The lowest BCUT2D eigenvalue weighted by atomic mass is 10.1. The van der Waals surface area contributed by atoms with Crippen molar-refractivity contribution in [3.63, 3.8) is 0 Å². The van der Waals surface area contributed by atoms with Crippen molar-refractivity contribution < 1.29 is 16.5 Å². The van der Waals surface area contributed by atoms with Gasteiger partial charge in [0.25, 0.3) is 0 Å². The lowest BCUT2D eigenvalue weighted by Gasteiger charge is -2.37. The van der Waals surface area contributed by atoms with Gasteiger partial charge in [-0.1, -0.05) is 36.9 Å². The summed E-state index contributed by atoms with van der Waals surface area (Å²) in [5, 5.41) is 0. The van der Waals surface area contributed by atoms with Gasteiger partial charge >= 0.3 is 36.4 Å². The minimum atomic E-state index is -2.21. The highest BCUT2D eigenvalue weighted by Crippen LogP contribution is 2.21. The van der Waals surface area contributed by atoms with Crippen molar-refractivity contribution in [2.75, 3.05) is 0 Å². The smallest absolute Gasteiger partial charge is 0.413 e. The first-order valence-corrected chi connectivity index (χ1v) is 14.8. The summed E-state index contributed by atoms with van der Waals surface area (Å²) in [5.74, 6) is 0. The van der Waals surface area contributed by atoms with Gasteiger partial charge in [0.2, 0.25) is 0 Å². The van der Waals surface area contributed by atoms with Gasteiger partial charge in [0, 0.05) is 6.04 Å². The average molecular weight is 354 g/mol. The second-order valence-corrected chi connectivity index (χ2v) is 15.9. The monoisotopic (exact) mass is 353 g/mol. The summed E-state index contributed by atoms with van der Waals surface area (Å²) < 4.78 is 24.1. The molecule has 0 saturated carbocycles. The van der Waals surface area contributed by atoms with Crippen LogP contribution in [0.3, 0.4) is 0 Å². The molecule has 1 aliphatic rings. The highest BCUT2D eigenvalue weighted by molar-refractivity contribution is 6.84. The van der Waals surface area contributed by atoms with Crippen molar-refractivity contribution in [1.29, 1.82) is 0 Å². The normalized spacial score (nSPS) is 22.3. The van der Waals surface area contributed by atoms with Crippen LogP contribution in [0, 0.1) is 0 Å². The number of benzene rings is 1. The van der Waals surface area contributed by atoms with Gasteiger partial charge in [0.1, 0.15) is 0 Å². The fourth-order valence-corrected chi connectivity index (χ4v) is 13.6. The van der Waals surface area contributed by atoms with Gasteiger partial charge in [-0.3, -0.25) is 0 Å². The molecule has 2 rings (SSSR count). The van der Waals surface area contributed by atoms with E-state index >= 15 is 0 Å². The lowest BCUT2D eigenvalue weighted by Crippen LogP contribution is -2.55. The van der Waals surface area contributed by atoms with Crippen molar-refractivity contribution in [3.8, 4) is 0 Å². The van der Waals surface area contributed by atoms with E-state index in [1.165, 1.54) is 5.56 Å². The molecule has 0 aromatic heterocycles. The van der Waals surface area contributed by atoms with E-state index in [-0.39, 0.29) is 10.0 Å². The molecule has 1 fully saturated rings. The zero-order chi connectivity index (χ0) is 15.5. The van der Waals surface area contributed by atoms with E-state index in [9.17, 15) is 0 Å². The fourth-order valence-electron chi connectivity index (χ4n) is 2.17. The highest BCUT2D eigenvalue weighted by Gasteiger charge is 2.41. The molecule has 1 aromatic carbocycles. The van der Waals surface area contributed by atoms with Gasteiger partial charge in [-0.2, -0.15) is 0 Å². The summed E-state index contributed by atoms with van der Waals surface area (Å²) in [6, 6.07) is 9.06. The molecule has 0 atom stereocenters. The van der Waals surface area contributed by atoms with Gasteiger partial charge in [-0.15, -0.1) is 0 Å². The zero-order valence-corrected chi connectivity index (χ0v) is 16.9. The Kier molecular flexibility index (Phi) is 5.54. The Morgan fingerprint density at radius 3 is 2.71 bits per heavy atom. The molecule has 0 bridgehead atoms. The Morgan fingerprint density at radius 2 is 2.00 bits per heavy atom. The molecular weight excluding hydrogens is 332 g/mol. The van der Waals surface area contributed by atoms with E-state index in [4.69, 9.17) is 16.5 Å². The molecule has 4 nitrogen and oxygen atoms in total. The van der Waals surface area contributed by atoms with Gasteiger partial charge in [0.15, 0.2) is 0 Å². The minimum absolute atomic E-state index is 0.00635. The molecule has 1 heterocycles. The summed E-state index contributed by atoms with van der Waals surface area (Å²) in [5.41, 5.74) is 2.31. The molecule has 0 amide bonds. The van der Waals surface area contributed by atoms with Gasteiger partial charge in [-0.05, 0) is 37.3 Å². The predicted molar refractivity (Wildman–Crippen MR) is 91.0 cm³/mol. The van der Waals surface area contributed by atoms with Crippen LogP contribution in [0.2, 0.25) is 26.2 Å². The molecule has 8 heteroatoms. The molecule has 21 heavy (non-hydrogen) atoms. The SMILES string of the molecule is C=Cc1cccc(C[Si]2O[Si]O[Si](C)(C)O[Si](C)(C)O2)c1. The molecule has 0 aliphatic carbocycles. The number of hydrogen-bond donors (Lipinski definition) is 0. The Hall–Kier alpha value is -0.332. The van der Waals surface area contributed by atoms with Gasteiger partial charge < -0.3 is 16.5 Å². The summed E-state index contributed by atoms with van der Waals surface area (Å²) in [6.07, 6.45) is 1.85. The second kappa shape index (κ2) is 6.83. The maximum Gasteiger partial charge on any atom is 0.413 e. The van der Waals surface area contributed by atoms with Crippen LogP contribution in [0.4, 0.5) is 0 Å². The first-order chi connectivity index (χ1) is 9.80. The van der Waals surface area contributed by atoms with Gasteiger partial charge in [-0.25, -0.2) is 0 Å². The minimum Gasteiger partial charge on any atom is -0.416 e. The quantitative estimate of drug-likeness (QED) is 0.783. The lowest BCUT2D eigenvalue weighted by molar-refractivity contribution is 0.271. The van der Waals surface area contributed by atoms with Crippen LogP contribution >= 0.6 is 0 Å².